The molecule has 3 aromatic heterocycles. The molecule has 0 atom stereocenters. The zero-order valence-corrected chi connectivity index (χ0v) is 14.6. The van der Waals surface area contributed by atoms with Crippen molar-refractivity contribution in [3.63, 3.8) is 0 Å². The first-order valence-corrected chi connectivity index (χ1v) is 8.71. The Morgan fingerprint density at radius 3 is 2.88 bits per heavy atom. The predicted octanol–water partition coefficient (Wildman–Crippen LogP) is 1.43. The maximum atomic E-state index is 13.7. The minimum absolute atomic E-state index is 0.0976. The van der Waals surface area contributed by atoms with E-state index in [-0.39, 0.29) is 12.2 Å². The van der Waals surface area contributed by atoms with E-state index in [2.05, 4.69) is 25.4 Å². The van der Waals surface area contributed by atoms with Gasteiger partial charge in [-0.1, -0.05) is 17.8 Å². The van der Waals surface area contributed by atoms with Gasteiger partial charge in [-0.3, -0.25) is 4.79 Å². The Bertz CT molecular complexity index is 1140. The number of nitrogens with zero attached hydrogens (tertiary/aromatic N) is 7. The van der Waals surface area contributed by atoms with Crippen LogP contribution in [0.15, 0.2) is 29.4 Å². The molecule has 0 saturated heterocycles. The van der Waals surface area contributed by atoms with Crippen LogP contribution in [0.25, 0.3) is 22.6 Å². The number of halogens is 1. The number of hydrogen-bond donors (Lipinski definition) is 0. The molecule has 4 aromatic rings. The maximum Gasteiger partial charge on any atom is 0.311 e. The summed E-state index contributed by atoms with van der Waals surface area (Å²) in [5, 5.41) is 17.5. The SMILES string of the molecule is COC(=O)Cc1nn(-c2cccc(F)c2)c2c1nnc1nc(SC)nn12. The number of fused-ring (bicyclic) bond motifs is 3. The summed E-state index contributed by atoms with van der Waals surface area (Å²) in [6.45, 7) is 0. The third-order valence-corrected chi connectivity index (χ3v) is 4.23. The lowest BCUT2D eigenvalue weighted by atomic mass is 10.3. The molecule has 0 bridgehead atoms. The highest BCUT2D eigenvalue weighted by Crippen LogP contribution is 2.22. The second-order valence-corrected chi connectivity index (χ2v) is 6.05. The van der Waals surface area contributed by atoms with Crippen molar-refractivity contribution in [1.29, 1.82) is 0 Å². The Kier molecular flexibility index (Phi) is 3.99. The largest absolute Gasteiger partial charge is 0.469 e. The molecule has 11 heteroatoms. The first-order chi connectivity index (χ1) is 12.6. The number of rotatable bonds is 4. The number of carbonyl (C=O) groups excluding carboxylic acids is 1. The van der Waals surface area contributed by atoms with Gasteiger partial charge in [0.05, 0.1) is 19.2 Å². The Hall–Kier alpha value is -3.08. The molecule has 0 spiro atoms. The van der Waals surface area contributed by atoms with Crippen LogP contribution in [0.2, 0.25) is 0 Å². The predicted molar refractivity (Wildman–Crippen MR) is 90.7 cm³/mol. The number of methoxy groups -OCH3 is 1. The van der Waals surface area contributed by atoms with Gasteiger partial charge in [0, 0.05) is 0 Å². The van der Waals surface area contributed by atoms with Crippen LogP contribution in [0.3, 0.4) is 0 Å². The number of thioether (sulfide) groups is 1. The summed E-state index contributed by atoms with van der Waals surface area (Å²) in [5.41, 5.74) is 1.62. The van der Waals surface area contributed by atoms with Gasteiger partial charge in [0.1, 0.15) is 11.5 Å². The molecule has 0 amide bonds. The second kappa shape index (κ2) is 6.33. The van der Waals surface area contributed by atoms with E-state index in [1.165, 1.54) is 40.2 Å². The van der Waals surface area contributed by atoms with Crippen molar-refractivity contribution >= 4 is 34.7 Å². The van der Waals surface area contributed by atoms with Gasteiger partial charge < -0.3 is 4.74 Å². The zero-order valence-electron chi connectivity index (χ0n) is 13.7. The molecule has 4 rings (SSSR count). The van der Waals surface area contributed by atoms with Gasteiger partial charge in [0.2, 0.25) is 5.16 Å². The summed E-state index contributed by atoms with van der Waals surface area (Å²) in [5.74, 6) is -0.604. The Morgan fingerprint density at radius 2 is 2.15 bits per heavy atom. The minimum atomic E-state index is -0.471. The molecule has 0 aliphatic rings. The smallest absolute Gasteiger partial charge is 0.311 e. The molecule has 0 aliphatic carbocycles. The molecular formula is C15H12FN7O2S. The van der Waals surface area contributed by atoms with Crippen molar-refractivity contribution in [1.82, 2.24) is 34.6 Å². The molecular weight excluding hydrogens is 361 g/mol. The quantitative estimate of drug-likeness (QED) is 0.391. The first kappa shape index (κ1) is 16.4. The van der Waals surface area contributed by atoms with Gasteiger partial charge >= 0.3 is 5.97 Å². The summed E-state index contributed by atoms with van der Waals surface area (Å²) < 4.78 is 21.4. The fourth-order valence-corrected chi connectivity index (χ4v) is 2.86. The van der Waals surface area contributed by atoms with Crippen molar-refractivity contribution in [2.75, 3.05) is 13.4 Å². The van der Waals surface area contributed by atoms with Crippen molar-refractivity contribution < 1.29 is 13.9 Å². The zero-order chi connectivity index (χ0) is 18.3. The summed E-state index contributed by atoms with van der Waals surface area (Å²) in [4.78, 5) is 16.0. The second-order valence-electron chi connectivity index (χ2n) is 5.27. The summed E-state index contributed by atoms with van der Waals surface area (Å²) in [6, 6.07) is 5.92. The fraction of sp³-hybridized carbons (Fsp3) is 0.200. The number of hydrogen-bond acceptors (Lipinski definition) is 8. The van der Waals surface area contributed by atoms with E-state index < -0.39 is 11.8 Å². The van der Waals surface area contributed by atoms with Gasteiger partial charge in [-0.05, 0) is 24.5 Å². The van der Waals surface area contributed by atoms with Crippen molar-refractivity contribution in [3.8, 4) is 5.69 Å². The Morgan fingerprint density at radius 1 is 1.31 bits per heavy atom. The van der Waals surface area contributed by atoms with Crippen LogP contribution in [0, 0.1) is 5.82 Å². The average Bonchev–Trinajstić information content (AvgIpc) is 3.22. The topological polar surface area (TPSA) is 100 Å². The fourth-order valence-electron chi connectivity index (χ4n) is 2.53. The maximum absolute atomic E-state index is 13.7. The number of aromatic nitrogens is 7. The van der Waals surface area contributed by atoms with E-state index >= 15 is 0 Å². The molecule has 0 N–H and O–H groups in total. The van der Waals surface area contributed by atoms with Gasteiger partial charge in [-0.15, -0.1) is 15.3 Å². The first-order valence-electron chi connectivity index (χ1n) is 7.48. The van der Waals surface area contributed by atoms with E-state index in [0.29, 0.717) is 27.7 Å². The van der Waals surface area contributed by atoms with Crippen LogP contribution < -0.4 is 0 Å². The van der Waals surface area contributed by atoms with Crippen LogP contribution in [-0.2, 0) is 16.0 Å². The molecule has 132 valence electrons. The lowest BCUT2D eigenvalue weighted by Gasteiger charge is -2.03. The molecule has 0 fully saturated rings. The van der Waals surface area contributed by atoms with Crippen LogP contribution in [0.1, 0.15) is 5.69 Å². The highest BCUT2D eigenvalue weighted by molar-refractivity contribution is 7.98. The van der Waals surface area contributed by atoms with E-state index in [1.54, 1.807) is 12.1 Å². The summed E-state index contributed by atoms with van der Waals surface area (Å²) in [6.07, 6.45) is 1.74. The van der Waals surface area contributed by atoms with Crippen LogP contribution in [-0.4, -0.2) is 53.9 Å². The monoisotopic (exact) mass is 373 g/mol. The Labute approximate surface area is 150 Å². The number of benzene rings is 1. The minimum Gasteiger partial charge on any atom is -0.469 e. The molecule has 26 heavy (non-hydrogen) atoms. The van der Waals surface area contributed by atoms with Crippen LogP contribution in [0.4, 0.5) is 4.39 Å². The molecule has 0 aliphatic heterocycles. The van der Waals surface area contributed by atoms with E-state index in [1.807, 2.05) is 6.26 Å². The standard InChI is InChI=1S/C15H12FN7O2S/c1-25-11(24)7-10-12-13(22(20-10)9-5-3-4-8(16)6-9)23-14(19-18-12)17-15(21-23)26-2/h3-6H,7H2,1-2H3. The molecule has 1 aromatic carbocycles. The van der Waals surface area contributed by atoms with E-state index in [0.717, 1.165) is 0 Å². The van der Waals surface area contributed by atoms with Gasteiger partial charge in [0.15, 0.2) is 11.2 Å². The number of esters is 1. The lowest BCUT2D eigenvalue weighted by molar-refractivity contribution is -0.139. The summed E-state index contributed by atoms with van der Waals surface area (Å²) in [7, 11) is 1.29. The molecule has 3 heterocycles. The third kappa shape index (κ3) is 2.65. The third-order valence-electron chi connectivity index (χ3n) is 3.69. The van der Waals surface area contributed by atoms with Gasteiger partial charge in [-0.25, -0.2) is 9.07 Å². The van der Waals surface area contributed by atoms with Crippen LogP contribution in [0.5, 0.6) is 0 Å². The molecule has 0 saturated carbocycles. The van der Waals surface area contributed by atoms with Gasteiger partial charge in [0.25, 0.3) is 5.78 Å². The van der Waals surface area contributed by atoms with E-state index in [4.69, 9.17) is 4.74 Å². The number of ether oxygens (including phenoxy) is 1. The van der Waals surface area contributed by atoms with Crippen LogP contribution >= 0.6 is 11.8 Å². The van der Waals surface area contributed by atoms with Crippen molar-refractivity contribution in [2.45, 2.75) is 11.6 Å². The highest BCUT2D eigenvalue weighted by atomic mass is 32.2. The molecule has 0 radical (unpaired) electrons. The highest BCUT2D eigenvalue weighted by Gasteiger charge is 2.21. The van der Waals surface area contributed by atoms with Crippen molar-refractivity contribution in [3.05, 3.63) is 35.8 Å². The molecule has 9 nitrogen and oxygen atoms in total. The average molecular weight is 373 g/mol. The lowest BCUT2D eigenvalue weighted by Crippen LogP contribution is -2.06. The normalized spacial score (nSPS) is 11.3. The van der Waals surface area contributed by atoms with Crippen molar-refractivity contribution in [2.24, 2.45) is 0 Å². The molecule has 0 unspecified atom stereocenters. The number of carbonyl (C=O) groups is 1. The Balaban J connectivity index is 2.04. The summed E-state index contributed by atoms with van der Waals surface area (Å²) >= 11 is 1.35. The van der Waals surface area contributed by atoms with E-state index in [9.17, 15) is 9.18 Å². The van der Waals surface area contributed by atoms with Gasteiger partial charge in [-0.2, -0.15) is 14.6 Å².